The molecule has 0 heterocycles. The van der Waals surface area contributed by atoms with Crippen molar-refractivity contribution in [3.63, 3.8) is 0 Å². The lowest BCUT2D eigenvalue weighted by Gasteiger charge is -2.03. The average molecular weight is 261 g/mol. The topological polar surface area (TPSA) is 61.9 Å². The van der Waals surface area contributed by atoms with Gasteiger partial charge in [0.1, 0.15) is 0 Å². The predicted octanol–water partition coefficient (Wildman–Crippen LogP) is 1.57. The zero-order chi connectivity index (χ0) is 8.27. The summed E-state index contributed by atoms with van der Waals surface area (Å²) in [5.41, 5.74) is 4.10. The first kappa shape index (κ1) is 8.48. The van der Waals surface area contributed by atoms with Gasteiger partial charge in [0, 0.05) is 15.3 Å². The number of halogens is 1. The van der Waals surface area contributed by atoms with Gasteiger partial charge in [0.25, 0.3) is 0 Å². The van der Waals surface area contributed by atoms with E-state index in [-0.39, 0.29) is 0 Å². The van der Waals surface area contributed by atoms with Crippen molar-refractivity contribution in [2.45, 2.75) is 0 Å². The average Bonchev–Trinajstić information content (AvgIpc) is 2.04. The third-order valence-corrected chi connectivity index (χ3v) is 2.00. The van der Waals surface area contributed by atoms with E-state index in [2.05, 4.69) is 28.0 Å². The van der Waals surface area contributed by atoms with Crippen LogP contribution in [0.15, 0.2) is 18.2 Å². The van der Waals surface area contributed by atoms with Crippen LogP contribution < -0.4 is 11.3 Å². The molecule has 0 aromatic heterocycles. The molecule has 0 amide bonds. The standard InChI is InChI=1S/C7H8IN3/c8-6-1-2-7(11-10)5(3-6)4-9/h1-4,9,11H,10H2. The van der Waals surface area contributed by atoms with Crippen molar-refractivity contribution in [1.82, 2.24) is 0 Å². The molecule has 4 heteroatoms. The van der Waals surface area contributed by atoms with Gasteiger partial charge in [-0.25, -0.2) is 0 Å². The number of hydrogen-bond acceptors (Lipinski definition) is 3. The fourth-order valence-corrected chi connectivity index (χ4v) is 1.30. The van der Waals surface area contributed by atoms with Crippen molar-refractivity contribution in [1.29, 1.82) is 5.41 Å². The maximum absolute atomic E-state index is 7.06. The third kappa shape index (κ3) is 1.90. The summed E-state index contributed by atoms with van der Waals surface area (Å²) in [6, 6.07) is 5.67. The highest BCUT2D eigenvalue weighted by Gasteiger charge is 1.97. The lowest BCUT2D eigenvalue weighted by Crippen LogP contribution is -2.08. The first-order valence-corrected chi connectivity index (χ1v) is 4.12. The van der Waals surface area contributed by atoms with E-state index in [1.54, 1.807) is 0 Å². The highest BCUT2D eigenvalue weighted by molar-refractivity contribution is 14.1. The van der Waals surface area contributed by atoms with Gasteiger partial charge in [-0.2, -0.15) is 0 Å². The minimum absolute atomic E-state index is 0.778. The van der Waals surface area contributed by atoms with Crippen LogP contribution in [0.1, 0.15) is 5.56 Å². The summed E-state index contributed by atoms with van der Waals surface area (Å²) in [5.74, 6) is 5.22. The van der Waals surface area contributed by atoms with E-state index in [4.69, 9.17) is 11.3 Å². The maximum atomic E-state index is 7.06. The maximum Gasteiger partial charge on any atom is 0.0573 e. The molecule has 1 rings (SSSR count). The second-order valence-electron chi connectivity index (χ2n) is 2.02. The summed E-state index contributed by atoms with van der Waals surface area (Å²) in [4.78, 5) is 0. The fourth-order valence-electron chi connectivity index (χ4n) is 0.784. The summed E-state index contributed by atoms with van der Waals surface area (Å²) in [6.07, 6.45) is 1.28. The minimum Gasteiger partial charge on any atom is -0.323 e. The highest BCUT2D eigenvalue weighted by Crippen LogP contribution is 2.15. The molecule has 0 fully saturated rings. The molecule has 0 bridgehead atoms. The van der Waals surface area contributed by atoms with Gasteiger partial charge in [-0.3, -0.25) is 5.84 Å². The largest absolute Gasteiger partial charge is 0.323 e. The van der Waals surface area contributed by atoms with Crippen LogP contribution in [0, 0.1) is 8.98 Å². The van der Waals surface area contributed by atoms with Crippen LogP contribution in [0.3, 0.4) is 0 Å². The Labute approximate surface area is 78.6 Å². The van der Waals surface area contributed by atoms with Crippen molar-refractivity contribution >= 4 is 34.5 Å². The molecule has 1 aromatic carbocycles. The number of rotatable bonds is 2. The van der Waals surface area contributed by atoms with E-state index in [0.717, 1.165) is 14.8 Å². The van der Waals surface area contributed by atoms with Crippen LogP contribution >= 0.6 is 22.6 Å². The highest BCUT2D eigenvalue weighted by atomic mass is 127. The smallest absolute Gasteiger partial charge is 0.0573 e. The fraction of sp³-hybridized carbons (Fsp3) is 0. The molecule has 0 radical (unpaired) electrons. The van der Waals surface area contributed by atoms with Crippen LogP contribution in [0.25, 0.3) is 0 Å². The first-order chi connectivity index (χ1) is 5.27. The Morgan fingerprint density at radius 1 is 1.55 bits per heavy atom. The molecule has 0 saturated heterocycles. The van der Waals surface area contributed by atoms with Crippen molar-refractivity contribution < 1.29 is 0 Å². The van der Waals surface area contributed by atoms with Crippen LogP contribution in [0.5, 0.6) is 0 Å². The van der Waals surface area contributed by atoms with Gasteiger partial charge in [0.15, 0.2) is 0 Å². The van der Waals surface area contributed by atoms with Gasteiger partial charge in [-0.15, -0.1) is 0 Å². The van der Waals surface area contributed by atoms with E-state index in [1.165, 1.54) is 6.21 Å². The zero-order valence-corrected chi connectivity index (χ0v) is 7.92. The predicted molar refractivity (Wildman–Crippen MR) is 54.9 cm³/mol. The molecule has 11 heavy (non-hydrogen) atoms. The first-order valence-electron chi connectivity index (χ1n) is 3.04. The molecular weight excluding hydrogens is 253 g/mol. The normalized spacial score (nSPS) is 9.27. The molecule has 1 aromatic rings. The SMILES string of the molecule is N=Cc1cc(I)ccc1NN. The minimum atomic E-state index is 0.778. The molecule has 0 aliphatic heterocycles. The van der Waals surface area contributed by atoms with E-state index < -0.39 is 0 Å². The Bertz CT molecular complexity index is 272. The Morgan fingerprint density at radius 2 is 2.27 bits per heavy atom. The lowest BCUT2D eigenvalue weighted by atomic mass is 10.2. The molecule has 0 aliphatic rings. The van der Waals surface area contributed by atoms with Crippen LogP contribution in [0.2, 0.25) is 0 Å². The number of hydrogen-bond donors (Lipinski definition) is 3. The lowest BCUT2D eigenvalue weighted by molar-refractivity contribution is 1.34. The summed E-state index contributed by atoms with van der Waals surface area (Å²) in [5, 5.41) is 7.06. The molecular formula is C7H8IN3. The third-order valence-electron chi connectivity index (χ3n) is 1.32. The molecule has 0 saturated carbocycles. The number of hydrazine groups is 1. The monoisotopic (exact) mass is 261 g/mol. The molecule has 4 N–H and O–H groups in total. The van der Waals surface area contributed by atoms with Crippen molar-refractivity contribution in [3.05, 3.63) is 27.3 Å². The van der Waals surface area contributed by atoms with Gasteiger partial charge >= 0.3 is 0 Å². The van der Waals surface area contributed by atoms with Gasteiger partial charge in [-0.05, 0) is 40.8 Å². The molecule has 0 unspecified atom stereocenters. The van der Waals surface area contributed by atoms with Crippen LogP contribution in [-0.2, 0) is 0 Å². The number of nitrogens with two attached hydrogens (primary N) is 1. The Kier molecular flexibility index (Phi) is 2.84. The van der Waals surface area contributed by atoms with Gasteiger partial charge < -0.3 is 10.8 Å². The number of nitrogen functional groups attached to an aromatic ring is 1. The Hall–Kier alpha value is -0.620. The molecule has 0 aliphatic carbocycles. The van der Waals surface area contributed by atoms with E-state index >= 15 is 0 Å². The Morgan fingerprint density at radius 3 is 2.82 bits per heavy atom. The van der Waals surface area contributed by atoms with E-state index in [0.29, 0.717) is 0 Å². The van der Waals surface area contributed by atoms with E-state index in [9.17, 15) is 0 Å². The molecule has 58 valence electrons. The number of anilines is 1. The second kappa shape index (κ2) is 3.68. The van der Waals surface area contributed by atoms with Crippen LogP contribution in [0.4, 0.5) is 5.69 Å². The van der Waals surface area contributed by atoms with Crippen LogP contribution in [-0.4, -0.2) is 6.21 Å². The van der Waals surface area contributed by atoms with Crippen molar-refractivity contribution in [3.8, 4) is 0 Å². The van der Waals surface area contributed by atoms with Crippen molar-refractivity contribution in [2.75, 3.05) is 5.43 Å². The molecule has 3 nitrogen and oxygen atoms in total. The van der Waals surface area contributed by atoms with Gasteiger partial charge in [0.05, 0.1) is 5.69 Å². The van der Waals surface area contributed by atoms with Gasteiger partial charge in [0.2, 0.25) is 0 Å². The zero-order valence-electron chi connectivity index (χ0n) is 5.76. The summed E-state index contributed by atoms with van der Waals surface area (Å²) in [7, 11) is 0. The molecule has 0 atom stereocenters. The number of benzene rings is 1. The number of nitrogens with one attached hydrogen (secondary N) is 2. The van der Waals surface area contributed by atoms with Crippen molar-refractivity contribution in [2.24, 2.45) is 5.84 Å². The summed E-state index contributed by atoms with van der Waals surface area (Å²) < 4.78 is 1.10. The Balaban J connectivity index is 3.16. The summed E-state index contributed by atoms with van der Waals surface area (Å²) in [6.45, 7) is 0. The van der Waals surface area contributed by atoms with Gasteiger partial charge in [-0.1, -0.05) is 0 Å². The van der Waals surface area contributed by atoms with E-state index in [1.807, 2.05) is 18.2 Å². The molecule has 0 spiro atoms. The summed E-state index contributed by atoms with van der Waals surface area (Å²) >= 11 is 2.19. The quantitative estimate of drug-likeness (QED) is 0.327. The second-order valence-corrected chi connectivity index (χ2v) is 3.27.